The van der Waals surface area contributed by atoms with E-state index in [2.05, 4.69) is 5.32 Å². The van der Waals surface area contributed by atoms with Gasteiger partial charge in [0.1, 0.15) is 11.5 Å². The Kier molecular flexibility index (Phi) is 5.75. The third-order valence-corrected chi connectivity index (χ3v) is 2.27. The van der Waals surface area contributed by atoms with Gasteiger partial charge >= 0.3 is 12.0 Å². The Morgan fingerprint density at radius 2 is 1.86 bits per heavy atom. The second-order valence-corrected chi connectivity index (χ2v) is 3.68. The van der Waals surface area contributed by atoms with Gasteiger partial charge in [-0.3, -0.25) is 10.1 Å². The molecule has 0 aliphatic heterocycles. The van der Waals surface area contributed by atoms with Crippen LogP contribution in [0.4, 0.5) is 10.5 Å². The lowest BCUT2D eigenvalue weighted by atomic mass is 10.2. The summed E-state index contributed by atoms with van der Waals surface area (Å²) in [6.07, 6.45) is 1.35. The number of urea groups is 1. The molecule has 0 unspecified atom stereocenters. The van der Waals surface area contributed by atoms with Crippen molar-refractivity contribution < 1.29 is 29.0 Å². The normalized spacial score (nSPS) is 10.0. The number of imide groups is 1. The zero-order valence-corrected chi connectivity index (χ0v) is 11.4. The van der Waals surface area contributed by atoms with Crippen LogP contribution in [0, 0.1) is 0 Å². The number of anilines is 1. The van der Waals surface area contributed by atoms with Gasteiger partial charge in [0.15, 0.2) is 0 Å². The lowest BCUT2D eigenvalue weighted by Crippen LogP contribution is -2.33. The number of carbonyl (C=O) groups is 3. The summed E-state index contributed by atoms with van der Waals surface area (Å²) in [7, 11) is 2.89. The van der Waals surface area contributed by atoms with E-state index in [1.165, 1.54) is 20.3 Å². The second kappa shape index (κ2) is 7.53. The summed E-state index contributed by atoms with van der Waals surface area (Å²) >= 11 is 0. The van der Waals surface area contributed by atoms with Crippen molar-refractivity contribution in [2.24, 2.45) is 0 Å². The van der Waals surface area contributed by atoms with E-state index in [0.717, 1.165) is 6.08 Å². The van der Waals surface area contributed by atoms with E-state index < -0.39 is 17.9 Å². The van der Waals surface area contributed by atoms with E-state index in [0.29, 0.717) is 23.3 Å². The van der Waals surface area contributed by atoms with Crippen LogP contribution >= 0.6 is 0 Å². The topological polar surface area (TPSA) is 114 Å². The third kappa shape index (κ3) is 5.23. The fourth-order valence-electron chi connectivity index (χ4n) is 1.37. The van der Waals surface area contributed by atoms with Crippen molar-refractivity contribution >= 4 is 23.6 Å². The molecule has 0 aliphatic rings. The zero-order valence-electron chi connectivity index (χ0n) is 11.4. The summed E-state index contributed by atoms with van der Waals surface area (Å²) in [5, 5.41) is 12.7. The van der Waals surface area contributed by atoms with E-state index in [1.807, 2.05) is 5.32 Å². The summed E-state index contributed by atoms with van der Waals surface area (Å²) < 4.78 is 10.1. The van der Waals surface area contributed by atoms with Gasteiger partial charge in [-0.25, -0.2) is 9.59 Å². The number of rotatable bonds is 5. The molecule has 8 heteroatoms. The average molecular weight is 294 g/mol. The van der Waals surface area contributed by atoms with Crippen LogP contribution in [-0.4, -0.2) is 37.2 Å². The Morgan fingerprint density at radius 1 is 1.14 bits per heavy atom. The molecular weight excluding hydrogens is 280 g/mol. The predicted octanol–water partition coefficient (Wildman–Crippen LogP) is 0.993. The standard InChI is InChI=1S/C13H14N2O6/c1-20-8-3-4-10(21-2)9(7-8)14-13(19)15-11(16)5-6-12(17)18/h3-7H,1-2H3,(H,17,18)(H2,14,15,16,19)/b6-5+. The van der Waals surface area contributed by atoms with E-state index in [1.54, 1.807) is 12.1 Å². The maximum absolute atomic E-state index is 11.6. The number of hydrogen-bond donors (Lipinski definition) is 3. The summed E-state index contributed by atoms with van der Waals surface area (Å²) in [5.41, 5.74) is 0.296. The molecule has 21 heavy (non-hydrogen) atoms. The predicted molar refractivity (Wildman–Crippen MR) is 73.5 cm³/mol. The number of carbonyl (C=O) groups excluding carboxylic acids is 2. The molecule has 8 nitrogen and oxygen atoms in total. The Bertz CT molecular complexity index is 582. The fraction of sp³-hybridized carbons (Fsp3) is 0.154. The van der Waals surface area contributed by atoms with Crippen molar-refractivity contribution in [3.63, 3.8) is 0 Å². The van der Waals surface area contributed by atoms with Crippen molar-refractivity contribution in [2.75, 3.05) is 19.5 Å². The Hall–Kier alpha value is -3.03. The van der Waals surface area contributed by atoms with Crippen LogP contribution in [0.2, 0.25) is 0 Å². The minimum atomic E-state index is -1.29. The van der Waals surface area contributed by atoms with Gasteiger partial charge in [-0.1, -0.05) is 0 Å². The van der Waals surface area contributed by atoms with Crippen molar-refractivity contribution in [1.29, 1.82) is 0 Å². The van der Waals surface area contributed by atoms with Gasteiger partial charge in [0.25, 0.3) is 5.91 Å². The molecule has 0 fully saturated rings. The first-order valence-electron chi connectivity index (χ1n) is 5.71. The van der Waals surface area contributed by atoms with Crippen LogP contribution in [0.5, 0.6) is 11.5 Å². The molecule has 1 aromatic carbocycles. The average Bonchev–Trinajstić information content (AvgIpc) is 2.44. The molecule has 0 bridgehead atoms. The van der Waals surface area contributed by atoms with E-state index in [4.69, 9.17) is 14.6 Å². The van der Waals surface area contributed by atoms with Crippen molar-refractivity contribution in [2.45, 2.75) is 0 Å². The first-order valence-corrected chi connectivity index (χ1v) is 5.71. The van der Waals surface area contributed by atoms with Crippen molar-refractivity contribution in [3.05, 3.63) is 30.4 Å². The maximum Gasteiger partial charge on any atom is 0.328 e. The molecule has 0 aromatic heterocycles. The molecule has 1 aromatic rings. The first kappa shape index (κ1) is 16.0. The van der Waals surface area contributed by atoms with E-state index >= 15 is 0 Å². The van der Waals surface area contributed by atoms with Gasteiger partial charge in [0.2, 0.25) is 0 Å². The molecular formula is C13H14N2O6. The summed E-state index contributed by atoms with van der Waals surface area (Å²) in [6, 6.07) is 3.90. The van der Waals surface area contributed by atoms with Crippen molar-refractivity contribution in [1.82, 2.24) is 5.32 Å². The number of aliphatic carboxylic acids is 1. The monoisotopic (exact) mass is 294 g/mol. The Labute approximate surface area is 120 Å². The fourth-order valence-corrected chi connectivity index (χ4v) is 1.37. The largest absolute Gasteiger partial charge is 0.497 e. The first-order chi connectivity index (χ1) is 9.96. The molecule has 112 valence electrons. The van der Waals surface area contributed by atoms with Gasteiger partial charge in [-0.05, 0) is 12.1 Å². The van der Waals surface area contributed by atoms with Crippen LogP contribution in [0.25, 0.3) is 0 Å². The van der Waals surface area contributed by atoms with Gasteiger partial charge in [-0.2, -0.15) is 0 Å². The highest BCUT2D eigenvalue weighted by Gasteiger charge is 2.10. The number of amides is 3. The highest BCUT2D eigenvalue weighted by Crippen LogP contribution is 2.28. The summed E-state index contributed by atoms with van der Waals surface area (Å²) in [4.78, 5) is 33.1. The number of ether oxygens (including phenoxy) is 2. The van der Waals surface area contributed by atoms with Crippen LogP contribution in [0.15, 0.2) is 30.4 Å². The maximum atomic E-state index is 11.6. The highest BCUT2D eigenvalue weighted by molar-refractivity contribution is 6.06. The van der Waals surface area contributed by atoms with Gasteiger partial charge in [0, 0.05) is 18.2 Å². The molecule has 0 heterocycles. The molecule has 0 radical (unpaired) electrons. The number of methoxy groups -OCH3 is 2. The third-order valence-electron chi connectivity index (χ3n) is 2.27. The van der Waals surface area contributed by atoms with Gasteiger partial charge in [-0.15, -0.1) is 0 Å². The van der Waals surface area contributed by atoms with Crippen LogP contribution in [-0.2, 0) is 9.59 Å². The van der Waals surface area contributed by atoms with Crippen molar-refractivity contribution in [3.8, 4) is 11.5 Å². The zero-order chi connectivity index (χ0) is 15.8. The molecule has 0 atom stereocenters. The van der Waals surface area contributed by atoms with Gasteiger partial charge < -0.3 is 19.9 Å². The Balaban J connectivity index is 2.74. The second-order valence-electron chi connectivity index (χ2n) is 3.68. The molecule has 0 saturated carbocycles. The summed E-state index contributed by atoms with van der Waals surface area (Å²) in [5.74, 6) is -1.29. The van der Waals surface area contributed by atoms with E-state index in [9.17, 15) is 14.4 Å². The van der Waals surface area contributed by atoms with Gasteiger partial charge in [0.05, 0.1) is 19.9 Å². The quantitative estimate of drug-likeness (QED) is 0.698. The van der Waals surface area contributed by atoms with Crippen LogP contribution in [0.3, 0.4) is 0 Å². The number of hydrogen-bond acceptors (Lipinski definition) is 5. The number of benzene rings is 1. The molecule has 1 rings (SSSR count). The summed E-state index contributed by atoms with van der Waals surface area (Å²) in [6.45, 7) is 0. The number of carboxylic acids is 1. The highest BCUT2D eigenvalue weighted by atomic mass is 16.5. The van der Waals surface area contributed by atoms with Crippen LogP contribution in [0.1, 0.15) is 0 Å². The molecule has 3 N–H and O–H groups in total. The molecule has 0 spiro atoms. The number of carboxylic acid groups (broad SMARTS) is 1. The molecule has 3 amide bonds. The minimum absolute atomic E-state index is 0.296. The van der Waals surface area contributed by atoms with Crippen LogP contribution < -0.4 is 20.1 Å². The smallest absolute Gasteiger partial charge is 0.328 e. The Morgan fingerprint density at radius 3 is 2.43 bits per heavy atom. The molecule has 0 aliphatic carbocycles. The van der Waals surface area contributed by atoms with E-state index in [-0.39, 0.29) is 0 Å². The lowest BCUT2D eigenvalue weighted by Gasteiger charge is -2.11. The molecule has 0 saturated heterocycles. The minimum Gasteiger partial charge on any atom is -0.497 e. The lowest BCUT2D eigenvalue weighted by molar-refractivity contribution is -0.131. The SMILES string of the molecule is COc1ccc(OC)c(NC(=O)NC(=O)/C=C/C(=O)O)c1. The number of nitrogens with one attached hydrogen (secondary N) is 2.